The normalized spacial score (nSPS) is 12.1. The van der Waals surface area contributed by atoms with E-state index in [0.29, 0.717) is 0 Å². The number of nitrogens with one attached hydrogen (secondary N) is 1. The topological polar surface area (TPSA) is 42.0 Å². The molecule has 1 atom stereocenters. The minimum absolute atomic E-state index is 0.0491. The monoisotopic (exact) mass is 310 g/mol. The molecule has 0 radical (unpaired) electrons. The van der Waals surface area contributed by atoms with Gasteiger partial charge in [0.2, 0.25) is 5.91 Å². The number of anilines is 1. The molecule has 3 nitrogen and oxygen atoms in total. The number of carbonyl (C=O) groups excluding carboxylic acids is 1. The molecule has 0 bridgehead atoms. The van der Waals surface area contributed by atoms with Crippen molar-refractivity contribution in [2.45, 2.75) is 11.8 Å². The zero-order chi connectivity index (χ0) is 12.3. The highest BCUT2D eigenvalue weighted by Crippen LogP contribution is 2.23. The zero-order valence-electron chi connectivity index (χ0n) is 9.18. The van der Waals surface area contributed by atoms with Gasteiger partial charge in [-0.05, 0) is 31.2 Å². The van der Waals surface area contributed by atoms with Crippen LogP contribution in [0, 0.1) is 0 Å². The van der Waals surface area contributed by atoms with Crippen molar-refractivity contribution in [3.63, 3.8) is 0 Å². The fraction of sp³-hybridized carbons (Fsp3) is 0.167. The largest absolute Gasteiger partial charge is 0.325 e. The van der Waals surface area contributed by atoms with Gasteiger partial charge in [-0.3, -0.25) is 4.79 Å². The molecule has 88 valence electrons. The second-order valence-corrected chi connectivity index (χ2v) is 5.79. The van der Waals surface area contributed by atoms with Crippen LogP contribution in [0.25, 0.3) is 10.6 Å². The predicted molar refractivity (Wildman–Crippen MR) is 74.6 cm³/mol. The number of benzene rings is 1. The molecular weight excluding hydrogens is 300 g/mol. The van der Waals surface area contributed by atoms with Crippen LogP contribution in [0.1, 0.15) is 6.92 Å². The molecule has 1 aromatic carbocycles. The fourth-order valence-corrected chi connectivity index (χ4v) is 2.06. The third kappa shape index (κ3) is 3.14. The maximum atomic E-state index is 11.5. The van der Waals surface area contributed by atoms with Crippen molar-refractivity contribution < 1.29 is 4.79 Å². The minimum Gasteiger partial charge on any atom is -0.325 e. The molecule has 1 aromatic heterocycles. The number of hydrogen-bond acceptors (Lipinski definition) is 3. The van der Waals surface area contributed by atoms with Crippen molar-refractivity contribution in [2.75, 3.05) is 5.32 Å². The van der Waals surface area contributed by atoms with Crippen LogP contribution in [0.15, 0.2) is 35.8 Å². The number of halogens is 1. The van der Waals surface area contributed by atoms with E-state index in [0.717, 1.165) is 16.3 Å². The summed E-state index contributed by atoms with van der Waals surface area (Å²) in [5, 5.41) is 5.74. The van der Waals surface area contributed by atoms with E-state index in [1.54, 1.807) is 24.5 Å². The van der Waals surface area contributed by atoms with Crippen molar-refractivity contribution in [1.82, 2.24) is 4.98 Å². The number of hydrogen-bond donors (Lipinski definition) is 1. The average Bonchev–Trinajstić information content (AvgIpc) is 2.83. The molecule has 1 unspecified atom stereocenters. The maximum absolute atomic E-state index is 11.5. The van der Waals surface area contributed by atoms with Gasteiger partial charge in [-0.15, -0.1) is 11.3 Å². The lowest BCUT2D eigenvalue weighted by Gasteiger charge is -2.06. The van der Waals surface area contributed by atoms with Crippen molar-refractivity contribution in [3.05, 3.63) is 35.8 Å². The van der Waals surface area contributed by atoms with E-state index in [1.165, 1.54) is 0 Å². The molecule has 0 saturated heterocycles. The molecule has 17 heavy (non-hydrogen) atoms. The quantitative estimate of drug-likeness (QED) is 0.881. The van der Waals surface area contributed by atoms with Gasteiger partial charge in [0.05, 0.1) is 4.83 Å². The van der Waals surface area contributed by atoms with Crippen molar-refractivity contribution in [1.29, 1.82) is 0 Å². The maximum Gasteiger partial charge on any atom is 0.237 e. The summed E-state index contributed by atoms with van der Waals surface area (Å²) in [4.78, 5) is 15.5. The predicted octanol–water partition coefficient (Wildman–Crippen LogP) is 3.53. The van der Waals surface area contributed by atoms with Crippen LogP contribution in [-0.4, -0.2) is 15.7 Å². The second kappa shape index (κ2) is 5.42. The molecule has 0 fully saturated rings. The van der Waals surface area contributed by atoms with Crippen LogP contribution in [0.5, 0.6) is 0 Å². The summed E-state index contributed by atoms with van der Waals surface area (Å²) in [6, 6.07) is 7.66. The van der Waals surface area contributed by atoms with E-state index in [1.807, 2.05) is 29.6 Å². The van der Waals surface area contributed by atoms with Crippen LogP contribution < -0.4 is 5.32 Å². The van der Waals surface area contributed by atoms with Gasteiger partial charge in [0.25, 0.3) is 0 Å². The van der Waals surface area contributed by atoms with Gasteiger partial charge < -0.3 is 5.32 Å². The summed E-state index contributed by atoms with van der Waals surface area (Å²) in [6.07, 6.45) is 1.78. The number of thiazole rings is 1. The Hall–Kier alpha value is -1.20. The number of aromatic nitrogens is 1. The molecule has 0 aliphatic heterocycles. The first kappa shape index (κ1) is 12.3. The number of nitrogens with zero attached hydrogens (tertiary/aromatic N) is 1. The summed E-state index contributed by atoms with van der Waals surface area (Å²) >= 11 is 4.82. The Bertz CT molecular complexity index is 494. The molecule has 1 N–H and O–H groups in total. The Morgan fingerprint density at radius 3 is 2.65 bits per heavy atom. The number of amides is 1. The van der Waals surface area contributed by atoms with E-state index in [9.17, 15) is 4.79 Å². The highest BCUT2D eigenvalue weighted by atomic mass is 79.9. The third-order valence-electron chi connectivity index (χ3n) is 2.19. The van der Waals surface area contributed by atoms with Gasteiger partial charge in [-0.25, -0.2) is 4.98 Å². The molecule has 1 amide bonds. The van der Waals surface area contributed by atoms with Crippen molar-refractivity contribution >= 4 is 38.9 Å². The zero-order valence-corrected chi connectivity index (χ0v) is 11.6. The first-order chi connectivity index (χ1) is 8.16. The SMILES string of the molecule is CC(Br)C(=O)Nc1ccc(-c2nccs2)cc1. The minimum atomic E-state index is -0.193. The van der Waals surface area contributed by atoms with Crippen LogP contribution >= 0.6 is 27.3 Å². The van der Waals surface area contributed by atoms with E-state index < -0.39 is 0 Å². The lowest BCUT2D eigenvalue weighted by atomic mass is 10.2. The summed E-state index contributed by atoms with van der Waals surface area (Å²) in [7, 11) is 0. The fourth-order valence-electron chi connectivity index (χ4n) is 1.30. The van der Waals surface area contributed by atoms with Crippen molar-refractivity contribution in [3.8, 4) is 10.6 Å². The van der Waals surface area contributed by atoms with E-state index >= 15 is 0 Å². The van der Waals surface area contributed by atoms with Gasteiger partial charge in [-0.2, -0.15) is 0 Å². The summed E-state index contributed by atoms with van der Waals surface area (Å²) in [5.74, 6) is -0.0491. The van der Waals surface area contributed by atoms with Crippen molar-refractivity contribution in [2.24, 2.45) is 0 Å². The molecule has 0 spiro atoms. The Kier molecular flexibility index (Phi) is 3.91. The highest BCUT2D eigenvalue weighted by Gasteiger charge is 2.08. The van der Waals surface area contributed by atoms with Gasteiger partial charge in [0.1, 0.15) is 5.01 Å². The van der Waals surface area contributed by atoms with Crippen LogP contribution in [0.2, 0.25) is 0 Å². The molecular formula is C12H11BrN2OS. The molecule has 0 saturated carbocycles. The molecule has 2 rings (SSSR count). The second-order valence-electron chi connectivity index (χ2n) is 3.52. The molecule has 0 aliphatic carbocycles. The Morgan fingerprint density at radius 1 is 1.41 bits per heavy atom. The lowest BCUT2D eigenvalue weighted by molar-refractivity contribution is -0.115. The van der Waals surface area contributed by atoms with Gasteiger partial charge in [-0.1, -0.05) is 15.9 Å². The van der Waals surface area contributed by atoms with Crippen LogP contribution in [-0.2, 0) is 4.79 Å². The Balaban J connectivity index is 2.11. The number of rotatable bonds is 3. The smallest absolute Gasteiger partial charge is 0.237 e. The Morgan fingerprint density at radius 2 is 2.12 bits per heavy atom. The van der Waals surface area contributed by atoms with Crippen LogP contribution in [0.3, 0.4) is 0 Å². The molecule has 1 heterocycles. The summed E-state index contributed by atoms with van der Waals surface area (Å²) < 4.78 is 0. The van der Waals surface area contributed by atoms with Gasteiger partial charge in [0, 0.05) is 22.8 Å². The van der Waals surface area contributed by atoms with Crippen LogP contribution in [0.4, 0.5) is 5.69 Å². The Labute approximate surface area is 112 Å². The standard InChI is InChI=1S/C12H11BrN2OS/c1-8(13)11(16)15-10-4-2-9(3-5-10)12-14-6-7-17-12/h2-8H,1H3,(H,15,16). The third-order valence-corrected chi connectivity index (χ3v) is 3.43. The number of alkyl halides is 1. The summed E-state index contributed by atoms with van der Waals surface area (Å²) in [6.45, 7) is 1.79. The van der Waals surface area contributed by atoms with E-state index in [-0.39, 0.29) is 10.7 Å². The van der Waals surface area contributed by atoms with Gasteiger partial charge in [0.15, 0.2) is 0 Å². The first-order valence-corrected chi connectivity index (χ1v) is 6.91. The van der Waals surface area contributed by atoms with E-state index in [2.05, 4.69) is 26.2 Å². The molecule has 2 aromatic rings. The highest BCUT2D eigenvalue weighted by molar-refractivity contribution is 9.10. The molecule has 5 heteroatoms. The van der Waals surface area contributed by atoms with Gasteiger partial charge >= 0.3 is 0 Å². The summed E-state index contributed by atoms with van der Waals surface area (Å²) in [5.41, 5.74) is 1.85. The lowest BCUT2D eigenvalue weighted by Crippen LogP contribution is -2.19. The molecule has 0 aliphatic rings. The first-order valence-electron chi connectivity index (χ1n) is 5.11. The number of carbonyl (C=O) groups is 1. The average molecular weight is 311 g/mol. The van der Waals surface area contributed by atoms with E-state index in [4.69, 9.17) is 0 Å².